The van der Waals surface area contributed by atoms with Crippen molar-refractivity contribution in [1.29, 1.82) is 0 Å². The van der Waals surface area contributed by atoms with E-state index in [1.54, 1.807) is 12.1 Å². The number of rotatable bonds is 6. The van der Waals surface area contributed by atoms with E-state index in [2.05, 4.69) is 15.9 Å². The summed E-state index contributed by atoms with van der Waals surface area (Å²) in [6.45, 7) is 0. The zero-order chi connectivity index (χ0) is 25.3. The van der Waals surface area contributed by atoms with E-state index in [0.717, 1.165) is 36.6 Å². The van der Waals surface area contributed by atoms with Crippen LogP contribution in [0.15, 0.2) is 96.5 Å². The van der Waals surface area contributed by atoms with Gasteiger partial charge in [-0.25, -0.2) is 8.42 Å². The number of carbonyl (C=O) groups excluding carboxylic acids is 1. The third-order valence-corrected chi connectivity index (χ3v) is 7.55. The number of sulfone groups is 1. The van der Waals surface area contributed by atoms with Gasteiger partial charge in [0.1, 0.15) is 16.8 Å². The van der Waals surface area contributed by atoms with E-state index >= 15 is 0 Å². The van der Waals surface area contributed by atoms with Crippen LogP contribution in [0.2, 0.25) is 5.02 Å². The van der Waals surface area contributed by atoms with Gasteiger partial charge in [0, 0.05) is 27.2 Å². The Kier molecular flexibility index (Phi) is 6.70. The normalized spacial score (nSPS) is 12.0. The number of non-ortho nitro benzene ring substituents is 1. The van der Waals surface area contributed by atoms with Crippen LogP contribution in [0.5, 0.6) is 0 Å². The second-order valence-corrected chi connectivity index (χ2v) is 10.5. The maximum absolute atomic E-state index is 13.5. The summed E-state index contributed by atoms with van der Waals surface area (Å²) in [6.07, 6.45) is 2.01. The van der Waals surface area contributed by atoms with Crippen LogP contribution < -0.4 is 5.43 Å². The van der Waals surface area contributed by atoms with Crippen molar-refractivity contribution in [2.75, 3.05) is 0 Å². The molecule has 0 unspecified atom stereocenters. The summed E-state index contributed by atoms with van der Waals surface area (Å²) in [4.78, 5) is 35.8. The second-order valence-electron chi connectivity index (χ2n) is 7.26. The van der Waals surface area contributed by atoms with E-state index in [9.17, 15) is 28.1 Å². The molecular formula is C24H13BrClNO7S. The molecule has 4 aromatic rings. The molecular weight excluding hydrogens is 562 g/mol. The van der Waals surface area contributed by atoms with Gasteiger partial charge in [-0.3, -0.25) is 19.7 Å². The first-order valence-electron chi connectivity index (χ1n) is 9.80. The molecule has 0 amide bonds. The Balaban J connectivity index is 1.93. The van der Waals surface area contributed by atoms with Crippen LogP contribution in [0, 0.1) is 10.1 Å². The number of hydrogen-bond acceptors (Lipinski definition) is 7. The largest absolute Gasteiger partial charge is 0.463 e. The molecule has 0 saturated heterocycles. The lowest BCUT2D eigenvalue weighted by molar-refractivity contribution is -0.384. The monoisotopic (exact) mass is 573 g/mol. The Bertz CT molecular complexity index is 1680. The molecule has 0 saturated carbocycles. The highest BCUT2D eigenvalue weighted by Crippen LogP contribution is 2.27. The maximum Gasteiger partial charge on any atom is 0.269 e. The van der Waals surface area contributed by atoms with Crippen molar-refractivity contribution in [3.05, 3.63) is 119 Å². The Hall–Kier alpha value is -3.60. The molecule has 0 spiro atoms. The van der Waals surface area contributed by atoms with E-state index in [1.165, 1.54) is 30.3 Å². The molecule has 0 radical (unpaired) electrons. The van der Waals surface area contributed by atoms with Gasteiger partial charge in [0.25, 0.3) is 5.69 Å². The predicted octanol–water partition coefficient (Wildman–Crippen LogP) is 5.81. The third-order valence-electron chi connectivity index (χ3n) is 5.03. The number of ketones is 1. The van der Waals surface area contributed by atoms with Crippen LogP contribution in [0.3, 0.4) is 0 Å². The SMILES string of the molecule is O=C(/C(=C/c1coc2ccc(Br)cc2c1=O)S(=O)(=O)c1ccc(Cl)cc1)c1ccc([N+](=O)[O-])cc1. The minimum atomic E-state index is -4.44. The van der Waals surface area contributed by atoms with Gasteiger partial charge in [0.2, 0.25) is 15.6 Å². The third kappa shape index (κ3) is 4.95. The van der Waals surface area contributed by atoms with Crippen molar-refractivity contribution < 1.29 is 22.6 Å². The number of fused-ring (bicyclic) bond motifs is 1. The van der Waals surface area contributed by atoms with Crippen molar-refractivity contribution in [3.8, 4) is 0 Å². The minimum Gasteiger partial charge on any atom is -0.463 e. The van der Waals surface area contributed by atoms with Crippen molar-refractivity contribution in [3.63, 3.8) is 0 Å². The van der Waals surface area contributed by atoms with Crippen molar-refractivity contribution in [2.24, 2.45) is 0 Å². The molecule has 11 heteroatoms. The standard InChI is InChI=1S/C24H13BrClNO7S/c25-16-3-10-21-20(12-16)23(28)15(13-34-21)11-22(35(32,33)19-8-4-17(26)5-9-19)24(29)14-1-6-18(7-2-14)27(30)31/h1-13H/b22-11-. The number of benzene rings is 3. The first-order chi connectivity index (χ1) is 16.6. The van der Waals surface area contributed by atoms with E-state index in [1.807, 2.05) is 0 Å². The van der Waals surface area contributed by atoms with Crippen LogP contribution in [0.1, 0.15) is 15.9 Å². The fraction of sp³-hybridized carbons (Fsp3) is 0. The fourth-order valence-corrected chi connectivity index (χ4v) is 5.12. The van der Waals surface area contributed by atoms with Gasteiger partial charge in [-0.1, -0.05) is 27.5 Å². The second kappa shape index (κ2) is 9.57. The Morgan fingerprint density at radius 3 is 2.31 bits per heavy atom. The van der Waals surface area contributed by atoms with Gasteiger partial charge in [-0.15, -0.1) is 0 Å². The van der Waals surface area contributed by atoms with Crippen molar-refractivity contribution in [2.45, 2.75) is 4.90 Å². The van der Waals surface area contributed by atoms with Gasteiger partial charge >= 0.3 is 0 Å². The number of allylic oxidation sites excluding steroid dienone is 1. The van der Waals surface area contributed by atoms with Crippen LogP contribution in [-0.2, 0) is 9.84 Å². The average Bonchev–Trinajstić information content (AvgIpc) is 2.84. The van der Waals surface area contributed by atoms with Gasteiger partial charge in [0.05, 0.1) is 20.8 Å². The highest BCUT2D eigenvalue weighted by atomic mass is 79.9. The summed E-state index contributed by atoms with van der Waals surface area (Å²) < 4.78 is 33.1. The molecule has 0 bridgehead atoms. The molecule has 176 valence electrons. The van der Waals surface area contributed by atoms with Gasteiger partial charge in [-0.05, 0) is 60.7 Å². The van der Waals surface area contributed by atoms with E-state index in [4.69, 9.17) is 16.0 Å². The molecule has 0 N–H and O–H groups in total. The lowest BCUT2D eigenvalue weighted by atomic mass is 10.1. The summed E-state index contributed by atoms with van der Waals surface area (Å²) in [6, 6.07) is 14.4. The Morgan fingerprint density at radius 1 is 1.03 bits per heavy atom. The summed E-state index contributed by atoms with van der Waals surface area (Å²) >= 11 is 9.15. The maximum atomic E-state index is 13.5. The number of halogens is 2. The molecule has 35 heavy (non-hydrogen) atoms. The molecule has 1 aromatic heterocycles. The molecule has 4 rings (SSSR count). The number of nitrogens with zero attached hydrogens (tertiary/aromatic N) is 1. The Labute approximate surface area is 211 Å². The van der Waals surface area contributed by atoms with E-state index in [-0.39, 0.29) is 37.7 Å². The average molecular weight is 575 g/mol. The number of hydrogen-bond donors (Lipinski definition) is 0. The highest BCUT2D eigenvalue weighted by molar-refractivity contribution is 9.10. The summed E-state index contributed by atoms with van der Waals surface area (Å²) in [5, 5.41) is 11.4. The molecule has 0 aliphatic rings. The summed E-state index contributed by atoms with van der Waals surface area (Å²) in [7, 11) is -4.44. The smallest absolute Gasteiger partial charge is 0.269 e. The van der Waals surface area contributed by atoms with Crippen molar-refractivity contribution >= 4 is 65.9 Å². The molecule has 0 aliphatic carbocycles. The number of nitro groups is 1. The zero-order valence-electron chi connectivity index (χ0n) is 17.5. The van der Waals surface area contributed by atoms with Gasteiger partial charge < -0.3 is 4.42 Å². The predicted molar refractivity (Wildman–Crippen MR) is 134 cm³/mol. The van der Waals surface area contributed by atoms with Gasteiger partial charge in [-0.2, -0.15) is 0 Å². The molecule has 0 aliphatic heterocycles. The highest BCUT2D eigenvalue weighted by Gasteiger charge is 2.29. The quantitative estimate of drug-likeness (QED) is 0.123. The summed E-state index contributed by atoms with van der Waals surface area (Å²) in [5.74, 6) is -0.955. The molecule has 1 heterocycles. The number of carbonyl (C=O) groups is 1. The number of nitro benzene ring substituents is 1. The van der Waals surface area contributed by atoms with E-state index < -0.39 is 30.9 Å². The first-order valence-corrected chi connectivity index (χ1v) is 12.5. The zero-order valence-corrected chi connectivity index (χ0v) is 20.6. The Morgan fingerprint density at radius 2 is 1.69 bits per heavy atom. The fourth-order valence-electron chi connectivity index (χ4n) is 3.24. The van der Waals surface area contributed by atoms with E-state index in [0.29, 0.717) is 4.47 Å². The molecule has 3 aromatic carbocycles. The lowest BCUT2D eigenvalue weighted by Gasteiger charge is -2.10. The lowest BCUT2D eigenvalue weighted by Crippen LogP contribution is -2.16. The van der Waals surface area contributed by atoms with Crippen molar-refractivity contribution in [1.82, 2.24) is 0 Å². The van der Waals surface area contributed by atoms with Crippen LogP contribution in [0.25, 0.3) is 17.0 Å². The van der Waals surface area contributed by atoms with Crippen LogP contribution >= 0.6 is 27.5 Å². The first kappa shape index (κ1) is 24.5. The topological polar surface area (TPSA) is 125 Å². The van der Waals surface area contributed by atoms with Crippen LogP contribution in [0.4, 0.5) is 5.69 Å². The molecule has 8 nitrogen and oxygen atoms in total. The molecule has 0 atom stereocenters. The van der Waals surface area contributed by atoms with Gasteiger partial charge in [0.15, 0.2) is 5.43 Å². The minimum absolute atomic E-state index is 0.118. The van der Waals surface area contributed by atoms with Crippen LogP contribution in [-0.4, -0.2) is 19.1 Å². The molecule has 0 fully saturated rings. The summed E-state index contributed by atoms with van der Waals surface area (Å²) in [5.41, 5.74) is -0.828. The number of Topliss-reactive ketones (excluding diaryl/α,β-unsaturated/α-hetero) is 1.